The van der Waals surface area contributed by atoms with Crippen molar-refractivity contribution < 1.29 is 4.79 Å². The Kier molecular flexibility index (Phi) is 4.52. The Balaban J connectivity index is 3.12. The van der Waals surface area contributed by atoms with Crippen molar-refractivity contribution >= 4 is 11.5 Å². The van der Waals surface area contributed by atoms with Crippen molar-refractivity contribution in [3.8, 4) is 0 Å². The molecule has 0 fully saturated rings. The fourth-order valence-corrected chi connectivity index (χ4v) is 1.31. The summed E-state index contributed by atoms with van der Waals surface area (Å²) in [7, 11) is 1.64. The van der Waals surface area contributed by atoms with Crippen LogP contribution in [0.25, 0.3) is 5.57 Å². The molecule has 1 N–H and O–H groups in total. The fraction of sp³-hybridized carbons (Fsp3) is 0.214. The minimum absolute atomic E-state index is 0.0660. The SMILES string of the molecule is CNC(=O)/C(=C\C=C(C)C)c1ccccc1. The summed E-state index contributed by atoms with van der Waals surface area (Å²) in [6.45, 7) is 4.01. The van der Waals surface area contributed by atoms with E-state index in [2.05, 4.69) is 5.32 Å². The summed E-state index contributed by atoms with van der Waals surface area (Å²) in [6.07, 6.45) is 3.79. The summed E-state index contributed by atoms with van der Waals surface area (Å²) in [5.74, 6) is -0.0660. The first-order chi connectivity index (χ1) is 7.65. The van der Waals surface area contributed by atoms with Crippen molar-refractivity contribution in [2.45, 2.75) is 13.8 Å². The van der Waals surface area contributed by atoms with Crippen LogP contribution in [0.3, 0.4) is 0 Å². The molecule has 0 aromatic heterocycles. The van der Waals surface area contributed by atoms with Crippen LogP contribution in [-0.2, 0) is 4.79 Å². The van der Waals surface area contributed by atoms with Gasteiger partial charge in [-0.3, -0.25) is 4.79 Å². The molecule has 0 bridgehead atoms. The predicted molar refractivity (Wildman–Crippen MR) is 67.9 cm³/mol. The van der Waals surface area contributed by atoms with Crippen LogP contribution >= 0.6 is 0 Å². The standard InChI is InChI=1S/C14H17NO/c1-11(2)9-10-13(14(16)15-3)12-7-5-4-6-8-12/h4-10H,1-3H3,(H,15,16)/b13-10-. The molecule has 0 saturated heterocycles. The highest BCUT2D eigenvalue weighted by Gasteiger charge is 2.08. The number of rotatable bonds is 3. The number of amides is 1. The van der Waals surface area contributed by atoms with E-state index in [1.165, 1.54) is 0 Å². The molecule has 1 aromatic rings. The van der Waals surface area contributed by atoms with Crippen molar-refractivity contribution in [1.29, 1.82) is 0 Å². The molecule has 1 amide bonds. The maximum absolute atomic E-state index is 11.7. The second-order valence-electron chi connectivity index (χ2n) is 3.77. The van der Waals surface area contributed by atoms with E-state index in [0.29, 0.717) is 5.57 Å². The second-order valence-corrected chi connectivity index (χ2v) is 3.77. The van der Waals surface area contributed by atoms with Gasteiger partial charge in [-0.1, -0.05) is 42.0 Å². The Morgan fingerprint density at radius 3 is 2.25 bits per heavy atom. The molecule has 0 aliphatic carbocycles. The van der Waals surface area contributed by atoms with Gasteiger partial charge in [-0.15, -0.1) is 0 Å². The van der Waals surface area contributed by atoms with E-state index in [1.807, 2.05) is 56.3 Å². The number of nitrogens with one attached hydrogen (secondary N) is 1. The number of allylic oxidation sites excluding steroid dienone is 3. The molecule has 84 valence electrons. The average molecular weight is 215 g/mol. The fourth-order valence-electron chi connectivity index (χ4n) is 1.31. The summed E-state index contributed by atoms with van der Waals surface area (Å²) in [4.78, 5) is 11.7. The first-order valence-corrected chi connectivity index (χ1v) is 5.28. The van der Waals surface area contributed by atoms with E-state index >= 15 is 0 Å². The van der Waals surface area contributed by atoms with E-state index in [1.54, 1.807) is 7.05 Å². The van der Waals surface area contributed by atoms with Crippen LogP contribution in [0.2, 0.25) is 0 Å². The Labute approximate surface area is 96.7 Å². The quantitative estimate of drug-likeness (QED) is 0.609. The van der Waals surface area contributed by atoms with Gasteiger partial charge < -0.3 is 5.32 Å². The van der Waals surface area contributed by atoms with Crippen molar-refractivity contribution in [2.24, 2.45) is 0 Å². The number of likely N-dealkylation sites (N-methyl/N-ethyl adjacent to an activating group) is 1. The van der Waals surface area contributed by atoms with Gasteiger partial charge >= 0.3 is 0 Å². The number of benzene rings is 1. The molecule has 0 spiro atoms. The molecule has 0 atom stereocenters. The lowest BCUT2D eigenvalue weighted by atomic mass is 10.0. The highest BCUT2D eigenvalue weighted by Crippen LogP contribution is 2.14. The molecular formula is C14H17NO. The third kappa shape index (κ3) is 3.39. The summed E-state index contributed by atoms with van der Waals surface area (Å²) in [6, 6.07) is 9.65. The molecule has 0 radical (unpaired) electrons. The maximum Gasteiger partial charge on any atom is 0.251 e. The van der Waals surface area contributed by atoms with E-state index in [0.717, 1.165) is 11.1 Å². The van der Waals surface area contributed by atoms with Crippen molar-refractivity contribution in [3.63, 3.8) is 0 Å². The summed E-state index contributed by atoms with van der Waals surface area (Å²) in [5.41, 5.74) is 2.78. The minimum Gasteiger partial charge on any atom is -0.355 e. The van der Waals surface area contributed by atoms with Crippen LogP contribution in [0, 0.1) is 0 Å². The molecule has 2 nitrogen and oxygen atoms in total. The minimum atomic E-state index is -0.0660. The highest BCUT2D eigenvalue weighted by atomic mass is 16.1. The zero-order valence-corrected chi connectivity index (χ0v) is 9.95. The van der Waals surface area contributed by atoms with Crippen LogP contribution in [0.5, 0.6) is 0 Å². The van der Waals surface area contributed by atoms with E-state index in [9.17, 15) is 4.79 Å². The number of hydrogen-bond acceptors (Lipinski definition) is 1. The third-order valence-corrected chi connectivity index (χ3v) is 2.14. The molecule has 0 aliphatic heterocycles. The topological polar surface area (TPSA) is 29.1 Å². The average Bonchev–Trinajstić information content (AvgIpc) is 2.30. The molecular weight excluding hydrogens is 198 g/mol. The van der Waals surface area contributed by atoms with Gasteiger partial charge in [0.2, 0.25) is 0 Å². The first kappa shape index (κ1) is 12.2. The van der Waals surface area contributed by atoms with E-state index in [4.69, 9.17) is 0 Å². The molecule has 0 aliphatic rings. The maximum atomic E-state index is 11.7. The van der Waals surface area contributed by atoms with Crippen molar-refractivity contribution in [2.75, 3.05) is 7.05 Å². The van der Waals surface area contributed by atoms with Gasteiger partial charge in [0.25, 0.3) is 5.91 Å². The molecule has 0 unspecified atom stereocenters. The smallest absolute Gasteiger partial charge is 0.251 e. The van der Waals surface area contributed by atoms with E-state index < -0.39 is 0 Å². The van der Waals surface area contributed by atoms with Crippen LogP contribution < -0.4 is 5.32 Å². The molecule has 16 heavy (non-hydrogen) atoms. The first-order valence-electron chi connectivity index (χ1n) is 5.28. The van der Waals surface area contributed by atoms with Crippen molar-refractivity contribution in [1.82, 2.24) is 5.32 Å². The van der Waals surface area contributed by atoms with Gasteiger partial charge in [0.05, 0.1) is 0 Å². The lowest BCUT2D eigenvalue weighted by molar-refractivity contribution is -0.115. The van der Waals surface area contributed by atoms with Crippen LogP contribution in [0.15, 0.2) is 48.1 Å². The highest BCUT2D eigenvalue weighted by molar-refractivity contribution is 6.19. The summed E-state index contributed by atoms with van der Waals surface area (Å²) in [5, 5.41) is 2.65. The summed E-state index contributed by atoms with van der Waals surface area (Å²) >= 11 is 0. The molecule has 0 heterocycles. The number of carbonyl (C=O) groups is 1. The van der Waals surface area contributed by atoms with Gasteiger partial charge in [-0.25, -0.2) is 0 Å². The number of hydrogen-bond donors (Lipinski definition) is 1. The Morgan fingerprint density at radius 2 is 1.75 bits per heavy atom. The molecule has 1 rings (SSSR count). The molecule has 1 aromatic carbocycles. The molecule has 2 heteroatoms. The molecule has 0 saturated carbocycles. The van der Waals surface area contributed by atoms with Gasteiger partial charge in [0, 0.05) is 12.6 Å². The van der Waals surface area contributed by atoms with Crippen LogP contribution in [0.1, 0.15) is 19.4 Å². The largest absolute Gasteiger partial charge is 0.355 e. The monoisotopic (exact) mass is 215 g/mol. The third-order valence-electron chi connectivity index (χ3n) is 2.14. The Hall–Kier alpha value is -1.83. The Morgan fingerprint density at radius 1 is 1.12 bits per heavy atom. The zero-order valence-electron chi connectivity index (χ0n) is 9.95. The lowest BCUT2D eigenvalue weighted by Gasteiger charge is -2.05. The van der Waals surface area contributed by atoms with Crippen LogP contribution in [0.4, 0.5) is 0 Å². The van der Waals surface area contributed by atoms with Gasteiger partial charge in [0.15, 0.2) is 0 Å². The summed E-state index contributed by atoms with van der Waals surface area (Å²) < 4.78 is 0. The predicted octanol–water partition coefficient (Wildman–Crippen LogP) is 2.78. The van der Waals surface area contributed by atoms with Gasteiger partial charge in [-0.2, -0.15) is 0 Å². The van der Waals surface area contributed by atoms with Crippen molar-refractivity contribution in [3.05, 3.63) is 53.6 Å². The lowest BCUT2D eigenvalue weighted by Crippen LogP contribution is -2.19. The van der Waals surface area contributed by atoms with Gasteiger partial charge in [0.1, 0.15) is 0 Å². The second kappa shape index (κ2) is 5.91. The number of carbonyl (C=O) groups excluding carboxylic acids is 1. The van der Waals surface area contributed by atoms with Crippen LogP contribution in [-0.4, -0.2) is 13.0 Å². The normalized spacial score (nSPS) is 10.8. The van der Waals surface area contributed by atoms with E-state index in [-0.39, 0.29) is 5.91 Å². The Bertz CT molecular complexity index is 412. The zero-order chi connectivity index (χ0) is 12.0. The van der Waals surface area contributed by atoms with Gasteiger partial charge in [-0.05, 0) is 25.5 Å².